The third-order valence-electron chi connectivity index (χ3n) is 3.14. The van der Waals surface area contributed by atoms with Crippen molar-refractivity contribution >= 4 is 17.7 Å². The van der Waals surface area contributed by atoms with Crippen LogP contribution in [0.2, 0.25) is 0 Å². The zero-order valence-electron chi connectivity index (χ0n) is 11.7. The standard InChI is InChI=1S/C15H14N4O2/c1-10-9-11(2)19(17-10)15-12(6-7-14(20)21)18-8-4-3-5-13(18)16-15/h3-9H,1-2H3,(H,20,21)/b7-6+. The van der Waals surface area contributed by atoms with Gasteiger partial charge >= 0.3 is 5.97 Å². The van der Waals surface area contributed by atoms with Crippen molar-refractivity contribution in [3.8, 4) is 5.82 Å². The van der Waals surface area contributed by atoms with Crippen molar-refractivity contribution in [2.45, 2.75) is 13.8 Å². The van der Waals surface area contributed by atoms with Crippen molar-refractivity contribution in [3.05, 3.63) is 53.6 Å². The topological polar surface area (TPSA) is 72.4 Å². The summed E-state index contributed by atoms with van der Waals surface area (Å²) in [7, 11) is 0. The minimum atomic E-state index is -1.000. The Hall–Kier alpha value is -2.89. The van der Waals surface area contributed by atoms with Gasteiger partial charge in [0.25, 0.3) is 0 Å². The average molecular weight is 282 g/mol. The summed E-state index contributed by atoms with van der Waals surface area (Å²) in [4.78, 5) is 15.4. The molecule has 0 atom stereocenters. The van der Waals surface area contributed by atoms with Crippen molar-refractivity contribution < 1.29 is 9.90 Å². The molecule has 0 bridgehead atoms. The number of pyridine rings is 1. The number of aryl methyl sites for hydroxylation is 2. The van der Waals surface area contributed by atoms with Crippen molar-refractivity contribution in [1.29, 1.82) is 0 Å². The molecule has 6 nitrogen and oxygen atoms in total. The first-order valence-corrected chi connectivity index (χ1v) is 6.48. The van der Waals surface area contributed by atoms with E-state index in [1.165, 1.54) is 6.08 Å². The van der Waals surface area contributed by atoms with Crippen LogP contribution in [0.1, 0.15) is 17.1 Å². The van der Waals surface area contributed by atoms with Crippen LogP contribution in [0.15, 0.2) is 36.5 Å². The molecular weight excluding hydrogens is 268 g/mol. The van der Waals surface area contributed by atoms with Gasteiger partial charge in [0.1, 0.15) is 5.65 Å². The maximum atomic E-state index is 10.8. The summed E-state index contributed by atoms with van der Waals surface area (Å²) in [5, 5.41) is 13.3. The SMILES string of the molecule is Cc1cc(C)n(-c2nc3ccccn3c2/C=C/C(=O)O)n1. The molecule has 0 aliphatic carbocycles. The van der Waals surface area contributed by atoms with Crippen molar-refractivity contribution in [2.24, 2.45) is 0 Å². The third kappa shape index (κ3) is 2.31. The van der Waals surface area contributed by atoms with Crippen molar-refractivity contribution in [3.63, 3.8) is 0 Å². The second-order valence-corrected chi connectivity index (χ2v) is 4.76. The minimum absolute atomic E-state index is 0.615. The molecule has 0 aliphatic heterocycles. The number of hydrogen-bond acceptors (Lipinski definition) is 3. The van der Waals surface area contributed by atoms with Crippen LogP contribution in [0.5, 0.6) is 0 Å². The quantitative estimate of drug-likeness (QED) is 0.748. The number of carboxylic acids is 1. The monoisotopic (exact) mass is 282 g/mol. The Morgan fingerprint density at radius 1 is 1.33 bits per heavy atom. The molecule has 3 aromatic heterocycles. The highest BCUT2D eigenvalue weighted by molar-refractivity contribution is 5.86. The fraction of sp³-hybridized carbons (Fsp3) is 0.133. The normalized spacial score (nSPS) is 11.5. The van der Waals surface area contributed by atoms with E-state index >= 15 is 0 Å². The van der Waals surface area contributed by atoms with E-state index in [1.54, 1.807) is 4.68 Å². The first kappa shape index (κ1) is 13.1. The Morgan fingerprint density at radius 3 is 2.81 bits per heavy atom. The first-order valence-electron chi connectivity index (χ1n) is 6.48. The Kier molecular flexibility index (Phi) is 3.06. The number of hydrogen-bond donors (Lipinski definition) is 1. The third-order valence-corrected chi connectivity index (χ3v) is 3.14. The number of aromatic nitrogens is 4. The summed E-state index contributed by atoms with van der Waals surface area (Å²) < 4.78 is 3.56. The molecule has 1 N–H and O–H groups in total. The van der Waals surface area contributed by atoms with Gasteiger partial charge in [-0.05, 0) is 38.1 Å². The largest absolute Gasteiger partial charge is 0.478 e. The zero-order valence-corrected chi connectivity index (χ0v) is 11.7. The summed E-state index contributed by atoms with van der Waals surface area (Å²) >= 11 is 0. The molecule has 0 unspecified atom stereocenters. The van der Waals surface area contributed by atoms with Crippen LogP contribution >= 0.6 is 0 Å². The van der Waals surface area contributed by atoms with Gasteiger partial charge in [0, 0.05) is 18.0 Å². The number of carboxylic acid groups (broad SMARTS) is 1. The Labute approximate surface area is 121 Å². The van der Waals surface area contributed by atoms with Gasteiger partial charge < -0.3 is 5.11 Å². The fourth-order valence-corrected chi connectivity index (χ4v) is 2.31. The Bertz CT molecular complexity index is 858. The van der Waals surface area contributed by atoms with E-state index in [4.69, 9.17) is 5.11 Å². The van der Waals surface area contributed by atoms with E-state index in [0.29, 0.717) is 11.5 Å². The van der Waals surface area contributed by atoms with E-state index in [-0.39, 0.29) is 0 Å². The molecular formula is C15H14N4O2. The van der Waals surface area contributed by atoms with Crippen molar-refractivity contribution in [1.82, 2.24) is 19.2 Å². The molecule has 3 heterocycles. The number of carbonyl (C=O) groups is 1. The fourth-order valence-electron chi connectivity index (χ4n) is 2.31. The molecule has 0 fully saturated rings. The zero-order chi connectivity index (χ0) is 15.0. The molecule has 21 heavy (non-hydrogen) atoms. The lowest BCUT2D eigenvalue weighted by Gasteiger charge is -2.02. The maximum absolute atomic E-state index is 10.8. The van der Waals surface area contributed by atoms with Gasteiger partial charge in [-0.15, -0.1) is 0 Å². The molecule has 0 saturated heterocycles. The van der Waals surface area contributed by atoms with Crippen LogP contribution < -0.4 is 0 Å². The number of fused-ring (bicyclic) bond motifs is 1. The summed E-state index contributed by atoms with van der Waals surface area (Å²) in [6.45, 7) is 3.85. The number of aliphatic carboxylic acids is 1. The summed E-state index contributed by atoms with van der Waals surface area (Å²) in [5.41, 5.74) is 3.25. The highest BCUT2D eigenvalue weighted by Crippen LogP contribution is 2.20. The smallest absolute Gasteiger partial charge is 0.328 e. The molecule has 0 amide bonds. The molecule has 0 radical (unpaired) electrons. The molecule has 0 spiro atoms. The first-order chi connectivity index (χ1) is 10.1. The minimum Gasteiger partial charge on any atom is -0.478 e. The van der Waals surface area contributed by atoms with Gasteiger partial charge in [0.05, 0.1) is 11.4 Å². The molecule has 0 aromatic carbocycles. The Morgan fingerprint density at radius 2 is 2.14 bits per heavy atom. The second kappa shape index (κ2) is 4.90. The molecule has 0 saturated carbocycles. The number of nitrogens with zero attached hydrogens (tertiary/aromatic N) is 4. The number of imidazole rings is 1. The Balaban J connectivity index is 2.28. The van der Waals surface area contributed by atoms with Crippen molar-refractivity contribution in [2.75, 3.05) is 0 Å². The van der Waals surface area contributed by atoms with Gasteiger partial charge in [0.2, 0.25) is 0 Å². The van der Waals surface area contributed by atoms with E-state index in [2.05, 4.69) is 10.1 Å². The lowest BCUT2D eigenvalue weighted by atomic mass is 10.3. The van der Waals surface area contributed by atoms with Crippen LogP contribution in [0, 0.1) is 13.8 Å². The van der Waals surface area contributed by atoms with E-state index in [1.807, 2.05) is 48.7 Å². The molecule has 6 heteroatoms. The van der Waals surface area contributed by atoms with E-state index in [0.717, 1.165) is 23.1 Å². The van der Waals surface area contributed by atoms with Crippen LogP contribution in [0.4, 0.5) is 0 Å². The van der Waals surface area contributed by atoms with E-state index in [9.17, 15) is 4.79 Å². The second-order valence-electron chi connectivity index (χ2n) is 4.76. The van der Waals surface area contributed by atoms with Gasteiger partial charge in [0.15, 0.2) is 5.82 Å². The summed E-state index contributed by atoms with van der Waals surface area (Å²) in [6, 6.07) is 7.58. The van der Waals surface area contributed by atoms with Crippen LogP contribution in [0.25, 0.3) is 17.5 Å². The predicted octanol–water partition coefficient (Wildman–Crippen LogP) is 2.23. The highest BCUT2D eigenvalue weighted by atomic mass is 16.4. The average Bonchev–Trinajstić information content (AvgIpc) is 2.96. The predicted molar refractivity (Wildman–Crippen MR) is 78.5 cm³/mol. The lowest BCUT2D eigenvalue weighted by Crippen LogP contribution is -2.02. The van der Waals surface area contributed by atoms with Crippen LogP contribution in [-0.4, -0.2) is 30.2 Å². The van der Waals surface area contributed by atoms with Gasteiger partial charge in [-0.25, -0.2) is 14.5 Å². The van der Waals surface area contributed by atoms with E-state index < -0.39 is 5.97 Å². The molecule has 3 rings (SSSR count). The summed E-state index contributed by atoms with van der Waals surface area (Å²) in [6.07, 6.45) is 4.48. The molecule has 3 aromatic rings. The van der Waals surface area contributed by atoms with Gasteiger partial charge in [-0.1, -0.05) is 6.07 Å². The molecule has 0 aliphatic rings. The van der Waals surface area contributed by atoms with Crippen LogP contribution in [-0.2, 0) is 4.79 Å². The van der Waals surface area contributed by atoms with Gasteiger partial charge in [-0.2, -0.15) is 5.10 Å². The van der Waals surface area contributed by atoms with Crippen LogP contribution in [0.3, 0.4) is 0 Å². The summed E-state index contributed by atoms with van der Waals surface area (Å²) in [5.74, 6) is -0.385. The lowest BCUT2D eigenvalue weighted by molar-refractivity contribution is -0.131. The molecule has 106 valence electrons. The maximum Gasteiger partial charge on any atom is 0.328 e. The highest BCUT2D eigenvalue weighted by Gasteiger charge is 2.14. The number of rotatable bonds is 3. The van der Waals surface area contributed by atoms with Gasteiger partial charge in [-0.3, -0.25) is 4.40 Å².